The molecule has 0 radical (unpaired) electrons. The van der Waals surface area contributed by atoms with E-state index in [0.717, 1.165) is 6.42 Å². The van der Waals surface area contributed by atoms with Crippen LogP contribution in [0.25, 0.3) is 0 Å². The normalized spacial score (nSPS) is 12.4. The molecule has 0 fully saturated rings. The zero-order chi connectivity index (χ0) is 11.8. The van der Waals surface area contributed by atoms with Gasteiger partial charge in [-0.1, -0.05) is 33.1 Å². The number of hydrogen-bond donors (Lipinski definition) is 1. The summed E-state index contributed by atoms with van der Waals surface area (Å²) >= 11 is 0. The highest BCUT2D eigenvalue weighted by Gasteiger charge is 2.07. The predicted molar refractivity (Wildman–Crippen MR) is 65.2 cm³/mol. The standard InChI is InChI=1S/C12H21N3O/c1-3-5-6-10(4-2)9-16-11-7-8-14-12(13)15-11/h7-8,10H,3-6,9H2,1-2H3,(H2,13,14,15). The molecule has 90 valence electrons. The van der Waals surface area contributed by atoms with Gasteiger partial charge in [-0.25, -0.2) is 4.98 Å². The molecule has 1 unspecified atom stereocenters. The highest BCUT2D eigenvalue weighted by Crippen LogP contribution is 2.15. The molecule has 0 spiro atoms. The van der Waals surface area contributed by atoms with Crippen LogP contribution in [-0.2, 0) is 0 Å². The summed E-state index contributed by atoms with van der Waals surface area (Å²) in [6, 6.07) is 1.74. The number of anilines is 1. The average Bonchev–Trinajstić information content (AvgIpc) is 2.29. The first-order chi connectivity index (χ1) is 7.76. The second kappa shape index (κ2) is 7.04. The lowest BCUT2D eigenvalue weighted by Gasteiger charge is -2.14. The number of hydrogen-bond acceptors (Lipinski definition) is 4. The molecular formula is C12H21N3O. The predicted octanol–water partition coefficient (Wildman–Crippen LogP) is 2.65. The van der Waals surface area contributed by atoms with Gasteiger partial charge in [0.1, 0.15) is 0 Å². The van der Waals surface area contributed by atoms with Gasteiger partial charge < -0.3 is 10.5 Å². The highest BCUT2D eigenvalue weighted by atomic mass is 16.5. The molecule has 0 saturated carbocycles. The van der Waals surface area contributed by atoms with Crippen LogP contribution in [0, 0.1) is 5.92 Å². The Hall–Kier alpha value is -1.32. The molecule has 0 amide bonds. The molecule has 0 aliphatic carbocycles. The molecular weight excluding hydrogens is 202 g/mol. The van der Waals surface area contributed by atoms with Crippen molar-refractivity contribution in [2.24, 2.45) is 5.92 Å². The Bertz CT molecular complexity index is 304. The van der Waals surface area contributed by atoms with Crippen molar-refractivity contribution in [2.45, 2.75) is 39.5 Å². The molecule has 0 saturated heterocycles. The first-order valence-electron chi connectivity index (χ1n) is 5.97. The summed E-state index contributed by atoms with van der Waals surface area (Å²) in [5.41, 5.74) is 5.48. The van der Waals surface area contributed by atoms with E-state index in [4.69, 9.17) is 10.5 Å². The second-order valence-electron chi connectivity index (χ2n) is 3.98. The molecule has 4 nitrogen and oxygen atoms in total. The average molecular weight is 223 g/mol. The van der Waals surface area contributed by atoms with Gasteiger partial charge in [-0.05, 0) is 12.3 Å². The fraction of sp³-hybridized carbons (Fsp3) is 0.667. The van der Waals surface area contributed by atoms with E-state index in [1.807, 2.05) is 0 Å². The molecule has 0 aromatic carbocycles. The minimum absolute atomic E-state index is 0.263. The van der Waals surface area contributed by atoms with Gasteiger partial charge in [0, 0.05) is 12.3 Å². The van der Waals surface area contributed by atoms with Crippen molar-refractivity contribution in [3.05, 3.63) is 12.3 Å². The second-order valence-corrected chi connectivity index (χ2v) is 3.98. The molecule has 2 N–H and O–H groups in total. The van der Waals surface area contributed by atoms with Crippen molar-refractivity contribution in [1.82, 2.24) is 9.97 Å². The minimum atomic E-state index is 0.263. The summed E-state index contributed by atoms with van der Waals surface area (Å²) in [7, 11) is 0. The summed E-state index contributed by atoms with van der Waals surface area (Å²) in [4.78, 5) is 7.83. The van der Waals surface area contributed by atoms with Crippen LogP contribution >= 0.6 is 0 Å². The van der Waals surface area contributed by atoms with Crippen molar-refractivity contribution in [3.8, 4) is 5.88 Å². The van der Waals surface area contributed by atoms with E-state index in [1.165, 1.54) is 19.3 Å². The number of ether oxygens (including phenoxy) is 1. The van der Waals surface area contributed by atoms with Gasteiger partial charge in [0.25, 0.3) is 0 Å². The molecule has 0 bridgehead atoms. The van der Waals surface area contributed by atoms with E-state index >= 15 is 0 Å². The molecule has 0 aliphatic rings. The van der Waals surface area contributed by atoms with E-state index < -0.39 is 0 Å². The van der Waals surface area contributed by atoms with Crippen LogP contribution in [-0.4, -0.2) is 16.6 Å². The Morgan fingerprint density at radius 2 is 2.25 bits per heavy atom. The van der Waals surface area contributed by atoms with Crippen molar-refractivity contribution in [3.63, 3.8) is 0 Å². The number of rotatable bonds is 7. The molecule has 1 aromatic rings. The summed E-state index contributed by atoms with van der Waals surface area (Å²) in [5.74, 6) is 1.44. The molecule has 4 heteroatoms. The molecule has 0 aliphatic heterocycles. The summed E-state index contributed by atoms with van der Waals surface area (Å²) in [5, 5.41) is 0. The maximum absolute atomic E-state index is 5.61. The molecule has 1 aromatic heterocycles. The molecule has 1 heterocycles. The monoisotopic (exact) mass is 223 g/mol. The van der Waals surface area contributed by atoms with Gasteiger partial charge in [-0.15, -0.1) is 0 Å². The first kappa shape index (κ1) is 12.7. The fourth-order valence-electron chi connectivity index (χ4n) is 1.54. The van der Waals surface area contributed by atoms with Crippen LogP contribution in [0.3, 0.4) is 0 Å². The molecule has 1 atom stereocenters. The maximum atomic E-state index is 5.61. The van der Waals surface area contributed by atoms with Gasteiger partial charge in [0.15, 0.2) is 0 Å². The van der Waals surface area contributed by atoms with Crippen LogP contribution in [0.4, 0.5) is 5.95 Å². The van der Waals surface area contributed by atoms with E-state index in [-0.39, 0.29) is 5.95 Å². The molecule has 1 rings (SSSR count). The quantitative estimate of drug-likeness (QED) is 0.772. The Kier molecular flexibility index (Phi) is 5.61. The zero-order valence-electron chi connectivity index (χ0n) is 10.1. The fourth-order valence-corrected chi connectivity index (χ4v) is 1.54. The minimum Gasteiger partial charge on any atom is -0.477 e. The highest BCUT2D eigenvalue weighted by molar-refractivity contribution is 5.20. The van der Waals surface area contributed by atoms with Gasteiger partial charge in [-0.3, -0.25) is 0 Å². The van der Waals surface area contributed by atoms with Crippen LogP contribution in [0.1, 0.15) is 39.5 Å². The van der Waals surface area contributed by atoms with E-state index in [9.17, 15) is 0 Å². The Morgan fingerprint density at radius 3 is 2.88 bits per heavy atom. The third-order valence-electron chi connectivity index (χ3n) is 2.66. The van der Waals surface area contributed by atoms with E-state index in [1.54, 1.807) is 12.3 Å². The summed E-state index contributed by atoms with van der Waals surface area (Å²) in [6.45, 7) is 5.11. The summed E-state index contributed by atoms with van der Waals surface area (Å²) < 4.78 is 5.61. The molecule has 16 heavy (non-hydrogen) atoms. The Balaban J connectivity index is 2.37. The van der Waals surface area contributed by atoms with Crippen molar-refractivity contribution in [1.29, 1.82) is 0 Å². The SMILES string of the molecule is CCCCC(CC)COc1ccnc(N)n1. The first-order valence-corrected chi connectivity index (χ1v) is 5.97. The lowest BCUT2D eigenvalue weighted by molar-refractivity contribution is 0.226. The number of nitrogen functional groups attached to an aromatic ring is 1. The van der Waals surface area contributed by atoms with Gasteiger partial charge in [0.05, 0.1) is 6.61 Å². The number of unbranched alkanes of at least 4 members (excludes halogenated alkanes) is 1. The van der Waals surface area contributed by atoms with Crippen LogP contribution in [0.15, 0.2) is 12.3 Å². The summed E-state index contributed by atoms with van der Waals surface area (Å²) in [6.07, 6.45) is 6.46. The topological polar surface area (TPSA) is 61.0 Å². The Morgan fingerprint density at radius 1 is 1.44 bits per heavy atom. The van der Waals surface area contributed by atoms with E-state index in [0.29, 0.717) is 18.4 Å². The lowest BCUT2D eigenvalue weighted by Crippen LogP contribution is -2.12. The lowest BCUT2D eigenvalue weighted by atomic mass is 10.0. The van der Waals surface area contributed by atoms with Crippen molar-refractivity contribution < 1.29 is 4.74 Å². The zero-order valence-corrected chi connectivity index (χ0v) is 10.1. The van der Waals surface area contributed by atoms with Gasteiger partial charge in [-0.2, -0.15) is 4.98 Å². The third kappa shape index (κ3) is 4.47. The number of aromatic nitrogens is 2. The van der Waals surface area contributed by atoms with Gasteiger partial charge in [0.2, 0.25) is 11.8 Å². The number of nitrogens with two attached hydrogens (primary N) is 1. The largest absolute Gasteiger partial charge is 0.477 e. The van der Waals surface area contributed by atoms with Crippen molar-refractivity contribution in [2.75, 3.05) is 12.3 Å². The third-order valence-corrected chi connectivity index (χ3v) is 2.66. The smallest absolute Gasteiger partial charge is 0.223 e. The van der Waals surface area contributed by atoms with E-state index in [2.05, 4.69) is 23.8 Å². The Labute approximate surface area is 97.2 Å². The van der Waals surface area contributed by atoms with Crippen LogP contribution in [0.5, 0.6) is 5.88 Å². The van der Waals surface area contributed by atoms with Gasteiger partial charge >= 0.3 is 0 Å². The maximum Gasteiger partial charge on any atom is 0.223 e. The van der Waals surface area contributed by atoms with Crippen LogP contribution < -0.4 is 10.5 Å². The van der Waals surface area contributed by atoms with Crippen molar-refractivity contribution >= 4 is 5.95 Å². The number of nitrogens with zero attached hydrogens (tertiary/aromatic N) is 2. The van der Waals surface area contributed by atoms with Crippen LogP contribution in [0.2, 0.25) is 0 Å².